The Balaban J connectivity index is 2.27. The van der Waals surface area contributed by atoms with E-state index in [-0.39, 0.29) is 0 Å². The first-order valence-electron chi connectivity index (χ1n) is 6.14. The molecule has 0 aliphatic carbocycles. The number of aliphatic hydroxyl groups excluding tert-OH is 2. The van der Waals surface area contributed by atoms with Gasteiger partial charge in [0.05, 0.1) is 11.6 Å². The molecule has 0 fully saturated rings. The van der Waals surface area contributed by atoms with E-state index in [2.05, 4.69) is 15.3 Å². The van der Waals surface area contributed by atoms with Crippen LogP contribution in [0.5, 0.6) is 0 Å². The molecule has 1 heterocycles. The first-order chi connectivity index (χ1) is 9.13. The molecule has 0 saturated carbocycles. The number of fused-ring (bicyclic) bond motifs is 1. The lowest BCUT2D eigenvalue weighted by atomic mass is 10.0. The average Bonchev–Trinajstić information content (AvgIpc) is 2.44. The van der Waals surface area contributed by atoms with Crippen LogP contribution < -0.4 is 11.1 Å². The van der Waals surface area contributed by atoms with Gasteiger partial charge in [-0.2, -0.15) is 0 Å². The summed E-state index contributed by atoms with van der Waals surface area (Å²) in [5, 5.41) is 23.6. The van der Waals surface area contributed by atoms with Crippen molar-refractivity contribution in [3.8, 4) is 0 Å². The maximum atomic E-state index is 10.1. The van der Waals surface area contributed by atoms with Crippen LogP contribution in [0.3, 0.4) is 0 Å². The van der Waals surface area contributed by atoms with E-state index in [1.165, 1.54) is 6.33 Å². The van der Waals surface area contributed by atoms with Crippen molar-refractivity contribution in [2.45, 2.75) is 18.6 Å². The summed E-state index contributed by atoms with van der Waals surface area (Å²) >= 11 is 0. The highest BCUT2D eigenvalue weighted by Gasteiger charge is 2.18. The summed E-state index contributed by atoms with van der Waals surface area (Å²) in [5.41, 5.74) is 7.10. The van der Waals surface area contributed by atoms with Gasteiger partial charge in [0, 0.05) is 5.39 Å². The molecule has 0 spiro atoms. The molecule has 1 aromatic heterocycles. The molecule has 0 saturated heterocycles. The highest BCUT2D eigenvalue weighted by molar-refractivity contribution is 5.88. The first kappa shape index (κ1) is 13.7. The van der Waals surface area contributed by atoms with Gasteiger partial charge >= 0.3 is 0 Å². The molecular weight excluding hydrogens is 244 g/mol. The number of nitrogens with zero attached hydrogens (tertiary/aromatic N) is 2. The zero-order valence-corrected chi connectivity index (χ0v) is 10.7. The van der Waals surface area contributed by atoms with Crippen molar-refractivity contribution in [2.75, 3.05) is 19.3 Å². The maximum Gasteiger partial charge on any atom is 0.134 e. The van der Waals surface area contributed by atoms with Gasteiger partial charge in [-0.15, -0.1) is 0 Å². The number of nitrogens with one attached hydrogen (secondary N) is 1. The predicted octanol–water partition coefficient (Wildman–Crippen LogP) is 0.216. The number of anilines is 1. The molecule has 6 heteroatoms. The maximum absolute atomic E-state index is 10.1. The SMILES string of the molecule is CNCCC(O)C(O)c1ccc2ncnc(N)c2c1. The Labute approximate surface area is 111 Å². The Hall–Kier alpha value is -1.76. The minimum absolute atomic E-state index is 0.365. The second kappa shape index (κ2) is 5.92. The Bertz CT molecular complexity index is 561. The molecule has 2 aromatic rings. The lowest BCUT2D eigenvalue weighted by Crippen LogP contribution is -2.23. The van der Waals surface area contributed by atoms with E-state index in [4.69, 9.17) is 5.73 Å². The molecule has 0 aliphatic heterocycles. The molecule has 0 aliphatic rings. The largest absolute Gasteiger partial charge is 0.390 e. The van der Waals surface area contributed by atoms with Crippen molar-refractivity contribution in [3.05, 3.63) is 30.1 Å². The standard InChI is InChI=1S/C13H18N4O2/c1-15-5-4-11(18)12(19)8-2-3-10-9(6-8)13(14)17-7-16-10/h2-3,6-7,11-12,15,18-19H,4-5H2,1H3,(H2,14,16,17). The third kappa shape index (κ3) is 2.98. The van der Waals surface area contributed by atoms with Crippen LogP contribution in [0.1, 0.15) is 18.1 Å². The molecule has 5 N–H and O–H groups in total. The van der Waals surface area contributed by atoms with E-state index in [1.807, 2.05) is 0 Å². The Morgan fingerprint density at radius 3 is 2.84 bits per heavy atom. The fraction of sp³-hybridized carbons (Fsp3) is 0.385. The van der Waals surface area contributed by atoms with Crippen molar-refractivity contribution >= 4 is 16.7 Å². The van der Waals surface area contributed by atoms with E-state index in [0.717, 1.165) is 0 Å². The molecule has 0 amide bonds. The summed E-state index contributed by atoms with van der Waals surface area (Å²) in [5.74, 6) is 0.365. The van der Waals surface area contributed by atoms with Crippen LogP contribution in [0, 0.1) is 0 Å². The molecule has 6 nitrogen and oxygen atoms in total. The van der Waals surface area contributed by atoms with Crippen LogP contribution >= 0.6 is 0 Å². The molecule has 2 atom stereocenters. The van der Waals surface area contributed by atoms with Gasteiger partial charge in [-0.05, 0) is 37.7 Å². The van der Waals surface area contributed by atoms with Crippen LogP contribution in [-0.2, 0) is 0 Å². The number of hydrogen-bond donors (Lipinski definition) is 4. The number of nitrogen functional groups attached to an aromatic ring is 1. The van der Waals surface area contributed by atoms with Gasteiger partial charge in [-0.25, -0.2) is 9.97 Å². The minimum Gasteiger partial charge on any atom is -0.390 e. The highest BCUT2D eigenvalue weighted by Crippen LogP contribution is 2.24. The van der Waals surface area contributed by atoms with Gasteiger partial charge in [0.25, 0.3) is 0 Å². The van der Waals surface area contributed by atoms with E-state index in [9.17, 15) is 10.2 Å². The molecule has 2 rings (SSSR count). The average molecular weight is 262 g/mol. The Morgan fingerprint density at radius 1 is 1.32 bits per heavy atom. The number of aromatic nitrogens is 2. The molecule has 19 heavy (non-hydrogen) atoms. The zero-order valence-electron chi connectivity index (χ0n) is 10.7. The van der Waals surface area contributed by atoms with Gasteiger partial charge in [-0.3, -0.25) is 0 Å². The molecule has 0 radical (unpaired) electrons. The summed E-state index contributed by atoms with van der Waals surface area (Å²) in [4.78, 5) is 8.01. The summed E-state index contributed by atoms with van der Waals surface area (Å²) in [6.07, 6.45) is 0.0968. The summed E-state index contributed by atoms with van der Waals surface area (Å²) < 4.78 is 0. The van der Waals surface area contributed by atoms with Crippen LogP contribution in [0.4, 0.5) is 5.82 Å². The van der Waals surface area contributed by atoms with Crippen LogP contribution in [-0.4, -0.2) is 39.9 Å². The highest BCUT2D eigenvalue weighted by atomic mass is 16.3. The van der Waals surface area contributed by atoms with Gasteiger partial charge in [0.15, 0.2) is 0 Å². The lowest BCUT2D eigenvalue weighted by Gasteiger charge is -2.18. The molecular formula is C13H18N4O2. The van der Waals surface area contributed by atoms with Crippen molar-refractivity contribution in [2.24, 2.45) is 0 Å². The quantitative estimate of drug-likeness (QED) is 0.614. The normalized spacial score (nSPS) is 14.5. The summed E-state index contributed by atoms with van der Waals surface area (Å²) in [6.45, 7) is 0.636. The minimum atomic E-state index is -0.947. The van der Waals surface area contributed by atoms with Gasteiger partial charge in [0.2, 0.25) is 0 Å². The van der Waals surface area contributed by atoms with Gasteiger partial charge in [0.1, 0.15) is 18.2 Å². The summed E-state index contributed by atoms with van der Waals surface area (Å²) in [7, 11) is 1.80. The van der Waals surface area contributed by atoms with Crippen molar-refractivity contribution in [1.29, 1.82) is 0 Å². The number of nitrogens with two attached hydrogens (primary N) is 1. The fourth-order valence-electron chi connectivity index (χ4n) is 1.95. The molecule has 0 bridgehead atoms. The Morgan fingerprint density at radius 2 is 2.11 bits per heavy atom. The molecule has 1 aromatic carbocycles. The van der Waals surface area contributed by atoms with E-state index in [1.54, 1.807) is 25.2 Å². The van der Waals surface area contributed by atoms with Crippen molar-refractivity contribution in [3.63, 3.8) is 0 Å². The zero-order chi connectivity index (χ0) is 13.8. The van der Waals surface area contributed by atoms with Crippen molar-refractivity contribution < 1.29 is 10.2 Å². The number of benzene rings is 1. The van der Waals surface area contributed by atoms with Crippen LogP contribution in [0.25, 0.3) is 10.9 Å². The third-order valence-corrected chi connectivity index (χ3v) is 3.09. The predicted molar refractivity (Wildman–Crippen MR) is 73.5 cm³/mol. The van der Waals surface area contributed by atoms with Gasteiger partial charge in [-0.1, -0.05) is 6.07 Å². The fourth-order valence-corrected chi connectivity index (χ4v) is 1.95. The van der Waals surface area contributed by atoms with Crippen LogP contribution in [0.15, 0.2) is 24.5 Å². The topological polar surface area (TPSA) is 104 Å². The number of hydrogen-bond acceptors (Lipinski definition) is 6. The second-order valence-electron chi connectivity index (χ2n) is 4.44. The molecule has 2 unspecified atom stereocenters. The molecule has 102 valence electrons. The lowest BCUT2D eigenvalue weighted by molar-refractivity contribution is 0.0141. The van der Waals surface area contributed by atoms with E-state index >= 15 is 0 Å². The number of rotatable bonds is 5. The van der Waals surface area contributed by atoms with E-state index in [0.29, 0.717) is 35.2 Å². The second-order valence-corrected chi connectivity index (χ2v) is 4.44. The Kier molecular flexibility index (Phi) is 4.26. The summed E-state index contributed by atoms with van der Waals surface area (Å²) in [6, 6.07) is 5.22. The van der Waals surface area contributed by atoms with Crippen LogP contribution in [0.2, 0.25) is 0 Å². The third-order valence-electron chi connectivity index (χ3n) is 3.09. The van der Waals surface area contributed by atoms with Crippen molar-refractivity contribution in [1.82, 2.24) is 15.3 Å². The first-order valence-corrected chi connectivity index (χ1v) is 6.14. The van der Waals surface area contributed by atoms with Gasteiger partial charge < -0.3 is 21.3 Å². The smallest absolute Gasteiger partial charge is 0.134 e. The number of aliphatic hydroxyl groups is 2. The van der Waals surface area contributed by atoms with E-state index < -0.39 is 12.2 Å². The monoisotopic (exact) mass is 262 g/mol.